The van der Waals surface area contributed by atoms with Gasteiger partial charge in [-0.2, -0.15) is 10.2 Å². The van der Waals surface area contributed by atoms with Crippen molar-refractivity contribution in [2.45, 2.75) is 26.7 Å². The predicted octanol–water partition coefficient (Wildman–Crippen LogP) is 5.09. The van der Waals surface area contributed by atoms with Gasteiger partial charge in [0.2, 0.25) is 0 Å². The van der Waals surface area contributed by atoms with E-state index in [0.29, 0.717) is 5.78 Å². The average molecular weight is 465 g/mol. The van der Waals surface area contributed by atoms with E-state index in [-0.39, 0.29) is 5.92 Å². The quantitative estimate of drug-likeness (QED) is 0.371. The zero-order valence-electron chi connectivity index (χ0n) is 20.3. The molecule has 1 aliphatic rings. The molecular formula is C28H28N6O. The molecule has 7 heteroatoms. The minimum absolute atomic E-state index is 0.187. The van der Waals surface area contributed by atoms with E-state index in [1.54, 1.807) is 6.92 Å². The van der Waals surface area contributed by atoms with Gasteiger partial charge in [0.25, 0.3) is 0 Å². The van der Waals surface area contributed by atoms with Crippen molar-refractivity contribution in [1.82, 2.24) is 24.5 Å². The first-order valence-corrected chi connectivity index (χ1v) is 12.1. The van der Waals surface area contributed by atoms with E-state index in [2.05, 4.69) is 59.5 Å². The fourth-order valence-electron chi connectivity index (χ4n) is 5.29. The Morgan fingerprint density at radius 2 is 1.77 bits per heavy atom. The normalized spacial score (nSPS) is 14.8. The zero-order valence-corrected chi connectivity index (χ0v) is 20.3. The number of fused-ring (bicyclic) bond motifs is 2. The van der Waals surface area contributed by atoms with Gasteiger partial charge in [-0.15, -0.1) is 0 Å². The van der Waals surface area contributed by atoms with Crippen molar-refractivity contribution in [2.24, 2.45) is 13.0 Å². The lowest BCUT2D eigenvalue weighted by atomic mass is 9.93. The molecule has 6 rings (SSSR count). The molecular weight excluding hydrogens is 436 g/mol. The highest BCUT2D eigenvalue weighted by Crippen LogP contribution is 2.35. The van der Waals surface area contributed by atoms with E-state index in [9.17, 15) is 4.79 Å². The maximum Gasteiger partial charge on any atom is 0.133 e. The molecule has 1 fully saturated rings. The Bertz CT molecular complexity index is 1550. The lowest BCUT2D eigenvalue weighted by Gasteiger charge is -2.31. The molecule has 0 bridgehead atoms. The Balaban J connectivity index is 1.41. The van der Waals surface area contributed by atoms with Gasteiger partial charge in [0.1, 0.15) is 17.3 Å². The number of hydrogen-bond donors (Lipinski definition) is 0. The largest absolute Gasteiger partial charge is 0.357 e. The first-order chi connectivity index (χ1) is 17.0. The van der Waals surface area contributed by atoms with Crippen molar-refractivity contribution in [3.05, 3.63) is 66.5 Å². The van der Waals surface area contributed by atoms with Crippen LogP contribution in [0.4, 0.5) is 5.82 Å². The van der Waals surface area contributed by atoms with Crippen LogP contribution in [0.25, 0.3) is 38.8 Å². The number of aromatic nitrogens is 5. The Hall–Kier alpha value is -4.00. The summed E-state index contributed by atoms with van der Waals surface area (Å²) in [6, 6.07) is 16.7. The molecule has 176 valence electrons. The van der Waals surface area contributed by atoms with Gasteiger partial charge in [0.05, 0.1) is 22.9 Å². The Morgan fingerprint density at radius 1 is 0.971 bits per heavy atom. The molecule has 0 unspecified atom stereocenters. The number of carbonyl (C=O) groups excluding carboxylic acids is 1. The zero-order chi connectivity index (χ0) is 24.1. The number of piperidine rings is 1. The van der Waals surface area contributed by atoms with Crippen molar-refractivity contribution in [1.29, 1.82) is 0 Å². The van der Waals surface area contributed by atoms with Gasteiger partial charge in [-0.1, -0.05) is 30.3 Å². The van der Waals surface area contributed by atoms with Crippen molar-refractivity contribution in [2.75, 3.05) is 18.0 Å². The summed E-state index contributed by atoms with van der Waals surface area (Å²) in [6.07, 6.45) is 5.74. The average Bonchev–Trinajstić information content (AvgIpc) is 3.45. The number of hydrogen-bond acceptors (Lipinski definition) is 5. The van der Waals surface area contributed by atoms with E-state index < -0.39 is 0 Å². The second-order valence-corrected chi connectivity index (χ2v) is 9.52. The topological polar surface area (TPSA) is 68.8 Å². The number of benzene rings is 2. The van der Waals surface area contributed by atoms with Crippen molar-refractivity contribution >= 4 is 33.4 Å². The third-order valence-corrected chi connectivity index (χ3v) is 7.20. The Morgan fingerprint density at radius 3 is 2.51 bits per heavy atom. The summed E-state index contributed by atoms with van der Waals surface area (Å²) in [5.74, 6) is 1.43. The van der Waals surface area contributed by atoms with E-state index in [4.69, 9.17) is 10.1 Å². The molecule has 1 aliphatic heterocycles. The van der Waals surface area contributed by atoms with Crippen molar-refractivity contribution in [3.8, 4) is 16.9 Å². The highest BCUT2D eigenvalue weighted by Gasteiger charge is 2.23. The summed E-state index contributed by atoms with van der Waals surface area (Å²) in [6.45, 7) is 5.54. The summed E-state index contributed by atoms with van der Waals surface area (Å²) in [5.41, 5.74) is 6.15. The van der Waals surface area contributed by atoms with Gasteiger partial charge in [-0.3, -0.25) is 9.48 Å². The number of anilines is 1. The lowest BCUT2D eigenvalue weighted by Crippen LogP contribution is -2.36. The maximum absolute atomic E-state index is 11.7. The fourth-order valence-corrected chi connectivity index (χ4v) is 5.29. The van der Waals surface area contributed by atoms with Crippen LogP contribution in [0.5, 0.6) is 0 Å². The SMILES string of the molecule is CC(=O)C1CCN(c2ccc(-n3nc(-c4cccc5nn(C)cc45)c4cccc(C)c43)cn2)CC1. The molecule has 0 saturated carbocycles. The van der Waals surface area contributed by atoms with Crippen LogP contribution in [0.15, 0.2) is 60.9 Å². The molecule has 0 N–H and O–H groups in total. The molecule has 35 heavy (non-hydrogen) atoms. The number of pyridine rings is 1. The summed E-state index contributed by atoms with van der Waals surface area (Å²) in [7, 11) is 1.94. The van der Waals surface area contributed by atoms with Gasteiger partial charge >= 0.3 is 0 Å². The summed E-state index contributed by atoms with van der Waals surface area (Å²) >= 11 is 0. The van der Waals surface area contributed by atoms with Crippen molar-refractivity contribution in [3.63, 3.8) is 0 Å². The minimum Gasteiger partial charge on any atom is -0.357 e. The lowest BCUT2D eigenvalue weighted by molar-refractivity contribution is -0.121. The molecule has 0 aliphatic carbocycles. The van der Waals surface area contributed by atoms with Crippen LogP contribution >= 0.6 is 0 Å². The van der Waals surface area contributed by atoms with Crippen LogP contribution in [0.1, 0.15) is 25.3 Å². The number of rotatable bonds is 4. The van der Waals surface area contributed by atoms with Crippen molar-refractivity contribution < 1.29 is 4.79 Å². The molecule has 2 aromatic carbocycles. The Kier molecular flexibility index (Phi) is 5.13. The van der Waals surface area contributed by atoms with Gasteiger partial charge in [-0.05, 0) is 50.5 Å². The van der Waals surface area contributed by atoms with Crippen LogP contribution in [-0.2, 0) is 11.8 Å². The molecule has 3 aromatic heterocycles. The number of nitrogens with zero attached hydrogens (tertiary/aromatic N) is 6. The molecule has 7 nitrogen and oxygen atoms in total. The highest BCUT2D eigenvalue weighted by atomic mass is 16.1. The second-order valence-electron chi connectivity index (χ2n) is 9.52. The van der Waals surface area contributed by atoms with Gasteiger partial charge in [0, 0.05) is 48.6 Å². The molecule has 4 heterocycles. The highest BCUT2D eigenvalue weighted by molar-refractivity contribution is 6.03. The summed E-state index contributed by atoms with van der Waals surface area (Å²) < 4.78 is 3.86. The van der Waals surface area contributed by atoms with E-state index in [1.807, 2.05) is 34.7 Å². The molecule has 0 amide bonds. The predicted molar refractivity (Wildman–Crippen MR) is 139 cm³/mol. The fraction of sp³-hybridized carbons (Fsp3) is 0.286. The van der Waals surface area contributed by atoms with Crippen LogP contribution in [0.2, 0.25) is 0 Å². The molecule has 0 atom stereocenters. The first-order valence-electron chi connectivity index (χ1n) is 12.1. The van der Waals surface area contributed by atoms with Gasteiger partial charge in [0.15, 0.2) is 0 Å². The number of aryl methyl sites for hydroxylation is 2. The van der Waals surface area contributed by atoms with Crippen LogP contribution in [-0.4, -0.2) is 43.4 Å². The van der Waals surface area contributed by atoms with E-state index >= 15 is 0 Å². The van der Waals surface area contributed by atoms with Crippen LogP contribution in [0.3, 0.4) is 0 Å². The number of Topliss-reactive ketones (excluding diaryl/α,β-unsaturated/α-hetero) is 1. The van der Waals surface area contributed by atoms with Gasteiger partial charge < -0.3 is 4.90 Å². The first kappa shape index (κ1) is 21.5. The summed E-state index contributed by atoms with van der Waals surface area (Å²) in [5, 5.41) is 11.9. The van der Waals surface area contributed by atoms with Crippen LogP contribution < -0.4 is 4.90 Å². The third kappa shape index (κ3) is 3.67. The van der Waals surface area contributed by atoms with Crippen LogP contribution in [0, 0.1) is 12.8 Å². The minimum atomic E-state index is 0.187. The molecule has 5 aromatic rings. The monoisotopic (exact) mass is 464 g/mol. The third-order valence-electron chi connectivity index (χ3n) is 7.20. The smallest absolute Gasteiger partial charge is 0.133 e. The molecule has 0 spiro atoms. The van der Waals surface area contributed by atoms with E-state index in [0.717, 1.165) is 76.1 Å². The van der Waals surface area contributed by atoms with E-state index in [1.165, 1.54) is 0 Å². The summed E-state index contributed by atoms with van der Waals surface area (Å²) in [4.78, 5) is 18.8. The molecule has 0 radical (unpaired) electrons. The number of carbonyl (C=O) groups is 1. The van der Waals surface area contributed by atoms with Gasteiger partial charge in [-0.25, -0.2) is 9.67 Å². The number of para-hydroxylation sites is 1. The molecule has 1 saturated heterocycles. The second kappa shape index (κ2) is 8.34. The Labute approximate surface area is 204 Å². The maximum atomic E-state index is 11.7. The standard InChI is InChI=1S/C28H28N6O/c1-18-6-4-8-23-27(22-7-5-9-25-24(22)17-32(3)30-25)31-34(28(18)23)21-10-11-26(29-16-21)33-14-12-20(13-15-33)19(2)35/h4-11,16-17,20H,12-15H2,1-3H3. The number of ketones is 1.